The third-order valence-corrected chi connectivity index (χ3v) is 3.76. The van der Waals surface area contributed by atoms with Gasteiger partial charge < -0.3 is 28.9 Å². The van der Waals surface area contributed by atoms with Gasteiger partial charge in [0.2, 0.25) is 0 Å². The quantitative estimate of drug-likeness (QED) is 0.587. The number of aryl methyl sites for hydroxylation is 1. The lowest BCUT2D eigenvalue weighted by Gasteiger charge is -2.20. The number of quaternary nitrogens is 1. The molecular weight excluding hydrogens is 365 g/mol. The van der Waals surface area contributed by atoms with Gasteiger partial charge in [0.05, 0.1) is 37.4 Å². The summed E-state index contributed by atoms with van der Waals surface area (Å²) >= 11 is 0. The van der Waals surface area contributed by atoms with Crippen LogP contribution < -0.4 is 34.4 Å². The molecule has 0 aliphatic carbocycles. The summed E-state index contributed by atoms with van der Waals surface area (Å²) in [6, 6.07) is 8.09. The second kappa shape index (κ2) is 7.73. The number of hydrogen-bond acceptors (Lipinski definition) is 2. The zero-order chi connectivity index (χ0) is 13.8. The van der Waals surface area contributed by atoms with Crippen LogP contribution in [0.3, 0.4) is 0 Å². The van der Waals surface area contributed by atoms with Gasteiger partial charge in [-0.2, -0.15) is 0 Å². The Morgan fingerprint density at radius 2 is 2.00 bits per heavy atom. The molecule has 0 spiro atoms. The van der Waals surface area contributed by atoms with Crippen LogP contribution in [0.4, 0.5) is 0 Å². The molecule has 0 fully saturated rings. The number of rotatable bonds is 5. The number of halogens is 1. The van der Waals surface area contributed by atoms with Crippen molar-refractivity contribution in [3.05, 3.63) is 40.9 Å². The van der Waals surface area contributed by atoms with E-state index in [2.05, 4.69) is 26.0 Å². The highest BCUT2D eigenvalue weighted by atomic mass is 127. The predicted molar refractivity (Wildman–Crippen MR) is 77.5 cm³/mol. The van der Waals surface area contributed by atoms with E-state index in [0.717, 1.165) is 24.9 Å². The molecule has 4 nitrogen and oxygen atoms in total. The molecule has 0 aliphatic rings. The maximum absolute atomic E-state index is 12.3. The molecule has 0 amide bonds. The Hall–Kier alpha value is -0.950. The topological polar surface area (TPSA) is 39.3 Å². The van der Waals surface area contributed by atoms with Crippen molar-refractivity contribution in [1.82, 2.24) is 9.55 Å². The third-order valence-electron chi connectivity index (χ3n) is 3.76. The van der Waals surface area contributed by atoms with Gasteiger partial charge >= 0.3 is 0 Å². The molecule has 1 heterocycles. The first-order valence-corrected chi connectivity index (χ1v) is 6.87. The SMILES string of the molecule is CCC(CCn1cnc2ccccc2c1=O)[NH+](C)C.[I-]. The van der Waals surface area contributed by atoms with Crippen LogP contribution in [0.5, 0.6) is 0 Å². The molecule has 0 saturated carbocycles. The van der Waals surface area contributed by atoms with E-state index < -0.39 is 0 Å². The van der Waals surface area contributed by atoms with Crippen LogP contribution in [-0.2, 0) is 6.54 Å². The van der Waals surface area contributed by atoms with Crippen LogP contribution in [0.25, 0.3) is 10.9 Å². The molecule has 0 aliphatic heterocycles. The van der Waals surface area contributed by atoms with Crippen LogP contribution in [0, 0.1) is 0 Å². The van der Waals surface area contributed by atoms with Gasteiger partial charge in [-0.05, 0) is 18.6 Å². The van der Waals surface area contributed by atoms with Gasteiger partial charge in [-0.3, -0.25) is 9.36 Å². The molecule has 1 N–H and O–H groups in total. The molecular formula is C15H22IN3O. The van der Waals surface area contributed by atoms with Crippen molar-refractivity contribution >= 4 is 10.9 Å². The fraction of sp³-hybridized carbons (Fsp3) is 0.467. The Morgan fingerprint density at radius 1 is 1.30 bits per heavy atom. The van der Waals surface area contributed by atoms with Crippen LogP contribution in [0.1, 0.15) is 19.8 Å². The van der Waals surface area contributed by atoms with Gasteiger partial charge in [-0.1, -0.05) is 19.1 Å². The normalized spacial score (nSPS) is 12.4. The molecule has 2 rings (SSSR count). The molecule has 1 atom stereocenters. The van der Waals surface area contributed by atoms with Gasteiger partial charge in [-0.15, -0.1) is 0 Å². The van der Waals surface area contributed by atoms with Crippen molar-refractivity contribution in [2.24, 2.45) is 0 Å². The maximum Gasteiger partial charge on any atom is 0.261 e. The molecule has 0 bridgehead atoms. The summed E-state index contributed by atoms with van der Waals surface area (Å²) in [6.45, 7) is 2.93. The molecule has 20 heavy (non-hydrogen) atoms. The first-order chi connectivity index (χ1) is 9.13. The molecule has 2 aromatic rings. The van der Waals surface area contributed by atoms with Crippen molar-refractivity contribution in [3.63, 3.8) is 0 Å². The zero-order valence-corrected chi connectivity index (χ0v) is 14.4. The minimum absolute atomic E-state index is 0. The summed E-state index contributed by atoms with van der Waals surface area (Å²) in [5, 5.41) is 0.704. The summed E-state index contributed by atoms with van der Waals surface area (Å²) in [5.41, 5.74) is 0.836. The third kappa shape index (κ3) is 3.79. The molecule has 1 unspecified atom stereocenters. The van der Waals surface area contributed by atoms with E-state index in [4.69, 9.17) is 0 Å². The van der Waals surface area contributed by atoms with E-state index in [1.165, 1.54) is 4.90 Å². The molecule has 1 aromatic heterocycles. The first-order valence-electron chi connectivity index (χ1n) is 6.87. The molecule has 1 aromatic carbocycles. The summed E-state index contributed by atoms with van der Waals surface area (Å²) in [6.07, 6.45) is 3.79. The van der Waals surface area contributed by atoms with Crippen molar-refractivity contribution < 1.29 is 28.9 Å². The van der Waals surface area contributed by atoms with E-state index in [-0.39, 0.29) is 29.5 Å². The Bertz CT molecular complexity index is 609. The van der Waals surface area contributed by atoms with Gasteiger partial charge in [-0.25, -0.2) is 4.98 Å². The highest BCUT2D eigenvalue weighted by Crippen LogP contribution is 2.05. The number of hydrogen-bond donors (Lipinski definition) is 1. The number of para-hydroxylation sites is 1. The Kier molecular flexibility index (Phi) is 6.61. The van der Waals surface area contributed by atoms with E-state index in [9.17, 15) is 4.79 Å². The molecule has 110 valence electrons. The van der Waals surface area contributed by atoms with E-state index in [0.29, 0.717) is 11.4 Å². The zero-order valence-electron chi connectivity index (χ0n) is 12.3. The molecule has 0 saturated heterocycles. The minimum atomic E-state index is 0. The minimum Gasteiger partial charge on any atom is -1.00 e. The Labute approximate surface area is 136 Å². The van der Waals surface area contributed by atoms with E-state index in [1.807, 2.05) is 24.3 Å². The van der Waals surface area contributed by atoms with Gasteiger partial charge in [0.25, 0.3) is 5.56 Å². The standard InChI is InChI=1S/C15H21N3O.HI/c1-4-12(17(2)3)9-10-18-11-16-14-8-6-5-7-13(14)15(18)19;/h5-8,11-12H,4,9-10H2,1-3H3;1H. The predicted octanol–water partition coefficient (Wildman–Crippen LogP) is -2.29. The summed E-state index contributed by atoms with van der Waals surface area (Å²) < 4.78 is 1.73. The van der Waals surface area contributed by atoms with Gasteiger partial charge in [0.15, 0.2) is 0 Å². The smallest absolute Gasteiger partial charge is 0.261 e. The van der Waals surface area contributed by atoms with Gasteiger partial charge in [0.1, 0.15) is 0 Å². The summed E-state index contributed by atoms with van der Waals surface area (Å²) in [4.78, 5) is 18.1. The number of benzene rings is 1. The number of nitrogens with one attached hydrogen (secondary N) is 1. The second-order valence-corrected chi connectivity index (χ2v) is 5.23. The van der Waals surface area contributed by atoms with Crippen LogP contribution in [-0.4, -0.2) is 29.7 Å². The second-order valence-electron chi connectivity index (χ2n) is 5.23. The van der Waals surface area contributed by atoms with Crippen molar-refractivity contribution in [2.75, 3.05) is 14.1 Å². The number of aromatic nitrogens is 2. The fourth-order valence-corrected chi connectivity index (χ4v) is 2.46. The lowest BCUT2D eigenvalue weighted by molar-refractivity contribution is -0.886. The van der Waals surface area contributed by atoms with E-state index in [1.54, 1.807) is 10.9 Å². The summed E-state index contributed by atoms with van der Waals surface area (Å²) in [7, 11) is 4.32. The Balaban J connectivity index is 0.00000200. The van der Waals surface area contributed by atoms with Crippen LogP contribution in [0.15, 0.2) is 35.4 Å². The highest BCUT2D eigenvalue weighted by Gasteiger charge is 2.13. The number of nitrogens with zero attached hydrogens (tertiary/aromatic N) is 2. The average molecular weight is 387 g/mol. The maximum atomic E-state index is 12.3. The lowest BCUT2D eigenvalue weighted by atomic mass is 10.1. The first kappa shape index (κ1) is 17.1. The van der Waals surface area contributed by atoms with Crippen molar-refractivity contribution in [1.29, 1.82) is 0 Å². The highest BCUT2D eigenvalue weighted by molar-refractivity contribution is 5.76. The monoisotopic (exact) mass is 387 g/mol. The fourth-order valence-electron chi connectivity index (χ4n) is 2.46. The largest absolute Gasteiger partial charge is 1.00 e. The van der Waals surface area contributed by atoms with Crippen molar-refractivity contribution in [2.45, 2.75) is 32.4 Å². The lowest BCUT2D eigenvalue weighted by Crippen LogP contribution is -3.10. The van der Waals surface area contributed by atoms with Crippen LogP contribution in [0.2, 0.25) is 0 Å². The molecule has 0 radical (unpaired) electrons. The molecule has 5 heteroatoms. The number of fused-ring (bicyclic) bond motifs is 1. The van der Waals surface area contributed by atoms with Crippen molar-refractivity contribution in [3.8, 4) is 0 Å². The van der Waals surface area contributed by atoms with Gasteiger partial charge in [0, 0.05) is 13.0 Å². The van der Waals surface area contributed by atoms with Crippen LogP contribution >= 0.6 is 0 Å². The Morgan fingerprint density at radius 3 is 2.65 bits per heavy atom. The summed E-state index contributed by atoms with van der Waals surface area (Å²) in [5.74, 6) is 0. The van der Waals surface area contributed by atoms with E-state index >= 15 is 0 Å². The average Bonchev–Trinajstić information content (AvgIpc) is 2.41.